The van der Waals surface area contributed by atoms with E-state index < -0.39 is 6.09 Å². The molecule has 0 unspecified atom stereocenters. The minimum atomic E-state index is -0.531. The molecule has 0 bridgehead atoms. The third-order valence-electron chi connectivity index (χ3n) is 3.65. The van der Waals surface area contributed by atoms with Gasteiger partial charge in [-0.05, 0) is 49.4 Å². The number of rotatable bonds is 6. The summed E-state index contributed by atoms with van der Waals surface area (Å²) in [5, 5.41) is 3.16. The number of benzene rings is 2. The molecule has 0 saturated carbocycles. The second-order valence-electron chi connectivity index (χ2n) is 5.54. The van der Waals surface area contributed by atoms with Crippen LogP contribution in [0.25, 0.3) is 0 Å². The summed E-state index contributed by atoms with van der Waals surface area (Å²) >= 11 is 6.03. The second kappa shape index (κ2) is 9.10. The molecule has 0 aliphatic rings. The smallest absolute Gasteiger partial charge is 0.411 e. The largest absolute Gasteiger partial charge is 0.496 e. The minimum absolute atomic E-state index is 0.158. The predicted octanol–water partition coefficient (Wildman–Crippen LogP) is 4.19. The summed E-state index contributed by atoms with van der Waals surface area (Å²) in [6, 6.07) is 11.9. The van der Waals surface area contributed by atoms with Crippen LogP contribution < -0.4 is 10.1 Å². The first-order valence-corrected chi connectivity index (χ1v) is 8.44. The van der Waals surface area contributed by atoms with E-state index in [1.807, 2.05) is 0 Å². The van der Waals surface area contributed by atoms with Gasteiger partial charge in [-0.2, -0.15) is 0 Å². The van der Waals surface area contributed by atoms with Gasteiger partial charge in [0.2, 0.25) is 0 Å². The van der Waals surface area contributed by atoms with Crippen molar-refractivity contribution in [2.45, 2.75) is 13.5 Å². The monoisotopic (exact) mass is 376 g/mol. The van der Waals surface area contributed by atoms with E-state index in [0.29, 0.717) is 35.2 Å². The Balaban J connectivity index is 2.06. The summed E-state index contributed by atoms with van der Waals surface area (Å²) in [6.07, 6.45) is -0.531. The van der Waals surface area contributed by atoms with Crippen molar-refractivity contribution in [3.63, 3.8) is 0 Å². The minimum Gasteiger partial charge on any atom is -0.496 e. The quantitative estimate of drug-likeness (QED) is 0.820. The number of hydrogen-bond acceptors (Lipinski definition) is 4. The van der Waals surface area contributed by atoms with Gasteiger partial charge in [0.15, 0.2) is 0 Å². The fourth-order valence-electron chi connectivity index (χ4n) is 2.40. The van der Waals surface area contributed by atoms with Crippen LogP contribution in [0.15, 0.2) is 42.5 Å². The third kappa shape index (κ3) is 5.13. The van der Waals surface area contributed by atoms with Crippen LogP contribution in [0.3, 0.4) is 0 Å². The molecule has 2 aromatic carbocycles. The molecule has 0 spiro atoms. The normalized spacial score (nSPS) is 10.2. The van der Waals surface area contributed by atoms with Crippen LogP contribution in [-0.4, -0.2) is 37.7 Å². The Labute approximate surface area is 157 Å². The highest BCUT2D eigenvalue weighted by Gasteiger charge is 2.15. The van der Waals surface area contributed by atoms with Crippen LogP contribution in [0.5, 0.6) is 5.75 Å². The first-order chi connectivity index (χ1) is 12.4. The third-order valence-corrected chi connectivity index (χ3v) is 3.89. The lowest BCUT2D eigenvalue weighted by Gasteiger charge is -2.19. The van der Waals surface area contributed by atoms with Gasteiger partial charge < -0.3 is 14.4 Å². The molecular formula is C19H21ClN2O4. The van der Waals surface area contributed by atoms with Crippen molar-refractivity contribution in [3.8, 4) is 5.75 Å². The van der Waals surface area contributed by atoms with Crippen molar-refractivity contribution >= 4 is 29.3 Å². The zero-order valence-electron chi connectivity index (χ0n) is 14.9. The molecule has 0 saturated heterocycles. The molecule has 0 aliphatic heterocycles. The Morgan fingerprint density at radius 1 is 1.15 bits per heavy atom. The van der Waals surface area contributed by atoms with Crippen LogP contribution >= 0.6 is 11.6 Å². The fraction of sp³-hybridized carbons (Fsp3) is 0.263. The van der Waals surface area contributed by atoms with Gasteiger partial charge in [0.25, 0.3) is 5.91 Å². The number of ether oxygens (including phenoxy) is 2. The molecule has 2 amide bonds. The maximum absolute atomic E-state index is 12.6. The van der Waals surface area contributed by atoms with E-state index in [2.05, 4.69) is 5.32 Å². The van der Waals surface area contributed by atoms with E-state index in [4.69, 9.17) is 21.1 Å². The average molecular weight is 377 g/mol. The van der Waals surface area contributed by atoms with E-state index in [1.165, 1.54) is 0 Å². The number of carbonyl (C=O) groups is 2. The maximum atomic E-state index is 12.6. The average Bonchev–Trinajstić information content (AvgIpc) is 2.62. The predicted molar refractivity (Wildman–Crippen MR) is 101 cm³/mol. The van der Waals surface area contributed by atoms with Crippen molar-refractivity contribution in [3.05, 3.63) is 58.6 Å². The summed E-state index contributed by atoms with van der Waals surface area (Å²) in [5.41, 5.74) is 1.87. The van der Waals surface area contributed by atoms with Crippen molar-refractivity contribution < 1.29 is 19.1 Å². The van der Waals surface area contributed by atoms with Gasteiger partial charge >= 0.3 is 6.09 Å². The number of carbonyl (C=O) groups excluding carboxylic acids is 2. The molecule has 138 valence electrons. The van der Waals surface area contributed by atoms with Crippen LogP contribution in [0.1, 0.15) is 22.8 Å². The van der Waals surface area contributed by atoms with Gasteiger partial charge in [0.05, 0.1) is 13.7 Å². The number of halogens is 1. The number of methoxy groups -OCH3 is 1. The first-order valence-electron chi connectivity index (χ1n) is 8.06. The highest BCUT2D eigenvalue weighted by atomic mass is 35.5. The molecule has 2 rings (SSSR count). The van der Waals surface area contributed by atoms with Crippen LogP contribution in [0.2, 0.25) is 5.02 Å². The second-order valence-corrected chi connectivity index (χ2v) is 5.98. The van der Waals surface area contributed by atoms with Crippen molar-refractivity contribution in [2.24, 2.45) is 0 Å². The lowest BCUT2D eigenvalue weighted by molar-refractivity contribution is 0.0784. The Morgan fingerprint density at radius 2 is 1.85 bits per heavy atom. The maximum Gasteiger partial charge on any atom is 0.411 e. The van der Waals surface area contributed by atoms with Gasteiger partial charge in [-0.3, -0.25) is 10.1 Å². The summed E-state index contributed by atoms with van der Waals surface area (Å²) in [4.78, 5) is 25.6. The molecule has 0 aliphatic carbocycles. The Kier molecular flexibility index (Phi) is 6.86. The molecule has 0 fully saturated rings. The van der Waals surface area contributed by atoms with E-state index in [9.17, 15) is 9.59 Å². The lowest BCUT2D eigenvalue weighted by Crippen LogP contribution is -2.26. The molecular weight excluding hydrogens is 356 g/mol. The van der Waals surface area contributed by atoms with E-state index in [1.54, 1.807) is 68.4 Å². The standard InChI is InChI=1S/C19H21ClN2O4/c1-4-26-19(24)21-16-8-5-13(6-9-16)18(23)22(2)12-14-11-15(20)7-10-17(14)25-3/h5-11H,4,12H2,1-3H3,(H,21,24). The number of amides is 2. The van der Waals surface area contributed by atoms with Gasteiger partial charge in [-0.1, -0.05) is 11.6 Å². The van der Waals surface area contributed by atoms with Gasteiger partial charge in [-0.25, -0.2) is 4.79 Å². The van der Waals surface area contributed by atoms with Crippen molar-refractivity contribution in [2.75, 3.05) is 26.1 Å². The lowest BCUT2D eigenvalue weighted by atomic mass is 10.1. The molecule has 0 aromatic heterocycles. The Bertz CT molecular complexity index is 778. The number of anilines is 1. The Hall–Kier alpha value is -2.73. The zero-order valence-corrected chi connectivity index (χ0v) is 15.7. The summed E-state index contributed by atoms with van der Waals surface area (Å²) in [6.45, 7) is 2.37. The van der Waals surface area contributed by atoms with Gasteiger partial charge in [0.1, 0.15) is 5.75 Å². The Morgan fingerprint density at radius 3 is 2.46 bits per heavy atom. The molecule has 26 heavy (non-hydrogen) atoms. The number of nitrogens with one attached hydrogen (secondary N) is 1. The van der Waals surface area contributed by atoms with Crippen molar-refractivity contribution in [1.82, 2.24) is 4.90 Å². The zero-order chi connectivity index (χ0) is 19.1. The van der Waals surface area contributed by atoms with E-state index >= 15 is 0 Å². The molecule has 2 aromatic rings. The SMILES string of the molecule is CCOC(=O)Nc1ccc(C(=O)N(C)Cc2cc(Cl)ccc2OC)cc1. The molecule has 6 nitrogen and oxygen atoms in total. The molecule has 1 N–H and O–H groups in total. The fourth-order valence-corrected chi connectivity index (χ4v) is 2.59. The van der Waals surface area contributed by atoms with Gasteiger partial charge in [-0.15, -0.1) is 0 Å². The summed E-state index contributed by atoms with van der Waals surface area (Å²) in [7, 11) is 3.28. The first kappa shape index (κ1) is 19.6. The van der Waals surface area contributed by atoms with Crippen LogP contribution in [-0.2, 0) is 11.3 Å². The summed E-state index contributed by atoms with van der Waals surface area (Å²) in [5.74, 6) is 0.512. The van der Waals surface area contributed by atoms with E-state index in [-0.39, 0.29) is 5.91 Å². The highest BCUT2D eigenvalue weighted by Crippen LogP contribution is 2.24. The summed E-state index contributed by atoms with van der Waals surface area (Å²) < 4.78 is 10.1. The number of hydrogen-bond donors (Lipinski definition) is 1. The molecule has 0 heterocycles. The van der Waals surface area contributed by atoms with Crippen LogP contribution in [0.4, 0.5) is 10.5 Å². The molecule has 7 heteroatoms. The molecule has 0 atom stereocenters. The van der Waals surface area contributed by atoms with E-state index in [0.717, 1.165) is 5.56 Å². The topological polar surface area (TPSA) is 67.9 Å². The molecule has 0 radical (unpaired) electrons. The van der Waals surface area contributed by atoms with Gasteiger partial charge in [0, 0.05) is 35.4 Å². The van der Waals surface area contributed by atoms with Crippen molar-refractivity contribution in [1.29, 1.82) is 0 Å². The highest BCUT2D eigenvalue weighted by molar-refractivity contribution is 6.30. The van der Waals surface area contributed by atoms with Crippen LogP contribution in [0, 0.1) is 0 Å². The number of nitrogens with zero attached hydrogens (tertiary/aromatic N) is 1.